The lowest BCUT2D eigenvalue weighted by molar-refractivity contribution is 0.271. The van der Waals surface area contributed by atoms with Crippen molar-refractivity contribution in [1.82, 2.24) is 0 Å². The van der Waals surface area contributed by atoms with Gasteiger partial charge in [0.15, 0.2) is 0 Å². The lowest BCUT2D eigenvalue weighted by Crippen LogP contribution is -2.21. The molecular weight excluding hydrogens is 355 g/mol. The zero-order chi connectivity index (χ0) is 14.4. The Bertz CT molecular complexity index is 231. The van der Waals surface area contributed by atoms with Crippen LogP contribution in [-0.4, -0.2) is 8.30 Å². The Hall–Kier alpha value is 1.02. The fraction of sp³-hybridized carbons (Fsp3) is 1.00. The molecular formula is C16H32ClI. The van der Waals surface area contributed by atoms with Crippen LogP contribution in [0, 0.1) is 5.41 Å². The highest BCUT2D eigenvalue weighted by molar-refractivity contribution is 14.1. The summed E-state index contributed by atoms with van der Waals surface area (Å²) in [5.41, 5.74) is 0.461. The van der Waals surface area contributed by atoms with Crippen LogP contribution in [0.3, 0.4) is 0 Å². The maximum atomic E-state index is 6.42. The third kappa shape index (κ3) is 9.01. The first kappa shape index (κ1) is 19.0. The molecule has 2 unspecified atom stereocenters. The first-order valence-electron chi connectivity index (χ1n) is 7.41. The van der Waals surface area contributed by atoms with Crippen LogP contribution in [0.5, 0.6) is 0 Å². The normalized spacial score (nSPS) is 19.3. The lowest BCUT2D eigenvalue weighted by Gasteiger charge is -2.30. The second-order valence-corrected chi connectivity index (χ2v) is 10.6. The largest absolute Gasteiger partial charge is 0.120 e. The van der Waals surface area contributed by atoms with Gasteiger partial charge in [-0.3, -0.25) is 0 Å². The quantitative estimate of drug-likeness (QED) is 0.296. The second kappa shape index (κ2) is 7.71. The summed E-state index contributed by atoms with van der Waals surface area (Å²) in [5.74, 6) is 0. The average molecular weight is 387 g/mol. The number of hydrogen-bond donors (Lipinski definition) is 0. The molecule has 0 aliphatic carbocycles. The van der Waals surface area contributed by atoms with Gasteiger partial charge >= 0.3 is 0 Å². The van der Waals surface area contributed by atoms with Crippen molar-refractivity contribution in [3.8, 4) is 0 Å². The third-order valence-electron chi connectivity index (χ3n) is 4.35. The summed E-state index contributed by atoms with van der Waals surface area (Å²) >= 11 is 9.04. The highest BCUT2D eigenvalue weighted by atomic mass is 127. The van der Waals surface area contributed by atoms with Gasteiger partial charge in [0.05, 0.1) is 0 Å². The highest BCUT2D eigenvalue weighted by Crippen LogP contribution is 2.37. The summed E-state index contributed by atoms with van der Waals surface area (Å²) in [7, 11) is 0. The van der Waals surface area contributed by atoms with Gasteiger partial charge in [0.2, 0.25) is 0 Å². The molecule has 0 aromatic carbocycles. The molecule has 0 aromatic heterocycles. The van der Waals surface area contributed by atoms with Crippen LogP contribution in [0.2, 0.25) is 0 Å². The van der Waals surface area contributed by atoms with Crippen molar-refractivity contribution in [3.63, 3.8) is 0 Å². The van der Waals surface area contributed by atoms with Gasteiger partial charge in [0.1, 0.15) is 0 Å². The van der Waals surface area contributed by atoms with E-state index in [1.165, 1.54) is 32.1 Å². The number of hydrogen-bond acceptors (Lipinski definition) is 0. The molecule has 0 aromatic rings. The predicted octanol–water partition coefficient (Wildman–Crippen LogP) is 6.97. The van der Waals surface area contributed by atoms with Crippen LogP contribution in [0.4, 0.5) is 0 Å². The fourth-order valence-electron chi connectivity index (χ4n) is 2.01. The molecule has 2 heteroatoms. The second-order valence-electron chi connectivity index (χ2n) is 7.05. The molecule has 0 amide bonds. The molecule has 2 atom stereocenters. The molecule has 0 heterocycles. The van der Waals surface area contributed by atoms with Gasteiger partial charge in [0.25, 0.3) is 0 Å². The molecule has 0 saturated carbocycles. The maximum Gasteiger partial charge on any atom is 0.0416 e. The molecule has 0 aliphatic heterocycles. The van der Waals surface area contributed by atoms with E-state index in [0.29, 0.717) is 8.84 Å². The van der Waals surface area contributed by atoms with Gasteiger partial charge in [-0.2, -0.15) is 0 Å². The number of rotatable bonds is 9. The minimum Gasteiger partial charge on any atom is -0.120 e. The SMILES string of the molecule is CCC(C)(Cl)CCCC(C)(C)CCC(C)(I)CC. The van der Waals surface area contributed by atoms with Gasteiger partial charge in [-0.25, -0.2) is 0 Å². The summed E-state index contributed by atoms with van der Waals surface area (Å²) in [6, 6.07) is 0. The first-order chi connectivity index (χ1) is 8.04. The zero-order valence-corrected chi connectivity index (χ0v) is 16.1. The Balaban J connectivity index is 4.01. The summed E-state index contributed by atoms with van der Waals surface area (Å²) < 4.78 is 0.472. The molecule has 0 saturated heterocycles. The monoisotopic (exact) mass is 386 g/mol. The highest BCUT2D eigenvalue weighted by Gasteiger charge is 2.25. The Kier molecular flexibility index (Phi) is 8.15. The number of halogens is 2. The maximum absolute atomic E-state index is 6.42. The van der Waals surface area contributed by atoms with Gasteiger partial charge < -0.3 is 0 Å². The van der Waals surface area contributed by atoms with Crippen molar-refractivity contribution in [1.29, 1.82) is 0 Å². The fourth-order valence-corrected chi connectivity index (χ4v) is 2.42. The molecule has 18 heavy (non-hydrogen) atoms. The van der Waals surface area contributed by atoms with E-state index in [2.05, 4.69) is 64.1 Å². The smallest absolute Gasteiger partial charge is 0.0416 e. The van der Waals surface area contributed by atoms with E-state index in [1.807, 2.05) is 0 Å². The van der Waals surface area contributed by atoms with Gasteiger partial charge in [-0.05, 0) is 50.9 Å². The first-order valence-corrected chi connectivity index (χ1v) is 8.87. The summed E-state index contributed by atoms with van der Waals surface area (Å²) in [4.78, 5) is 0.0112. The van der Waals surface area contributed by atoms with E-state index in [9.17, 15) is 0 Å². The summed E-state index contributed by atoms with van der Waals surface area (Å²) in [6.45, 7) is 13.8. The van der Waals surface area contributed by atoms with Crippen LogP contribution in [0.25, 0.3) is 0 Å². The minimum absolute atomic E-state index is 0.0112. The van der Waals surface area contributed by atoms with Crippen molar-refractivity contribution in [3.05, 3.63) is 0 Å². The van der Waals surface area contributed by atoms with Crippen molar-refractivity contribution < 1.29 is 0 Å². The van der Waals surface area contributed by atoms with Crippen molar-refractivity contribution in [2.45, 2.75) is 94.8 Å². The van der Waals surface area contributed by atoms with E-state index in [1.54, 1.807) is 0 Å². The molecule has 0 rings (SSSR count). The Morgan fingerprint density at radius 1 is 0.833 bits per heavy atom. The molecule has 0 aliphatic rings. The van der Waals surface area contributed by atoms with Crippen molar-refractivity contribution in [2.75, 3.05) is 0 Å². The van der Waals surface area contributed by atoms with Gasteiger partial charge in [-0.1, -0.05) is 63.6 Å². The molecule has 110 valence electrons. The van der Waals surface area contributed by atoms with Gasteiger partial charge in [0, 0.05) is 8.30 Å². The third-order valence-corrected chi connectivity index (χ3v) is 6.11. The van der Waals surface area contributed by atoms with E-state index >= 15 is 0 Å². The van der Waals surface area contributed by atoms with Crippen LogP contribution >= 0.6 is 34.2 Å². The van der Waals surface area contributed by atoms with E-state index < -0.39 is 0 Å². The Morgan fingerprint density at radius 2 is 1.39 bits per heavy atom. The molecule has 0 spiro atoms. The Labute approximate surface area is 134 Å². The van der Waals surface area contributed by atoms with Crippen LogP contribution in [0.15, 0.2) is 0 Å². The average Bonchev–Trinajstić information content (AvgIpc) is 2.26. The molecule has 0 nitrogen and oxygen atoms in total. The van der Waals surface area contributed by atoms with Crippen LogP contribution < -0.4 is 0 Å². The molecule has 0 fully saturated rings. The summed E-state index contributed by atoms with van der Waals surface area (Å²) in [6.07, 6.45) is 8.67. The van der Waals surface area contributed by atoms with E-state index in [4.69, 9.17) is 11.6 Å². The molecule has 0 radical (unpaired) electrons. The van der Waals surface area contributed by atoms with Crippen LogP contribution in [-0.2, 0) is 0 Å². The van der Waals surface area contributed by atoms with Crippen LogP contribution in [0.1, 0.15) is 86.5 Å². The van der Waals surface area contributed by atoms with Gasteiger partial charge in [-0.15, -0.1) is 11.6 Å². The predicted molar refractivity (Wildman–Crippen MR) is 94.1 cm³/mol. The Morgan fingerprint density at radius 3 is 1.83 bits per heavy atom. The minimum atomic E-state index is 0.0112. The number of alkyl halides is 2. The zero-order valence-electron chi connectivity index (χ0n) is 13.2. The lowest BCUT2D eigenvalue weighted by atomic mass is 9.79. The van der Waals surface area contributed by atoms with Crippen molar-refractivity contribution in [2.24, 2.45) is 5.41 Å². The van der Waals surface area contributed by atoms with Crippen molar-refractivity contribution >= 4 is 34.2 Å². The van der Waals surface area contributed by atoms with E-state index in [0.717, 1.165) is 12.8 Å². The summed E-state index contributed by atoms with van der Waals surface area (Å²) in [5, 5.41) is 0. The topological polar surface area (TPSA) is 0 Å². The molecule has 0 N–H and O–H groups in total. The molecule has 0 bridgehead atoms. The van der Waals surface area contributed by atoms with E-state index in [-0.39, 0.29) is 4.87 Å². The standard InChI is InChI=1S/C16H32ClI/c1-7-15(5,17)11-9-10-14(3,4)12-13-16(6,18)8-2/h7-13H2,1-6H3.